The van der Waals surface area contributed by atoms with Crippen molar-refractivity contribution in [3.63, 3.8) is 0 Å². The van der Waals surface area contributed by atoms with Gasteiger partial charge >= 0.3 is 0 Å². The van der Waals surface area contributed by atoms with Gasteiger partial charge < -0.3 is 0 Å². The van der Waals surface area contributed by atoms with Crippen LogP contribution in [0.2, 0.25) is 0 Å². The van der Waals surface area contributed by atoms with E-state index >= 15 is 0 Å². The van der Waals surface area contributed by atoms with Crippen LogP contribution in [0.3, 0.4) is 0 Å². The van der Waals surface area contributed by atoms with Crippen LogP contribution in [0.15, 0.2) is 47.6 Å². The Balaban J connectivity index is 2.65. The van der Waals surface area contributed by atoms with E-state index in [0.717, 1.165) is 16.1 Å². The van der Waals surface area contributed by atoms with Crippen molar-refractivity contribution in [1.82, 2.24) is 3.97 Å². The van der Waals surface area contributed by atoms with E-state index in [0.29, 0.717) is 6.07 Å². The highest BCUT2D eigenvalue weighted by molar-refractivity contribution is 7.90. The molecule has 0 fully saturated rings. The fraction of sp³-hybridized carbons (Fsp3) is 0. The average molecular weight is 243 g/mol. The molecule has 0 saturated heterocycles. The summed E-state index contributed by atoms with van der Waals surface area (Å²) in [5.41, 5.74) is 0. The van der Waals surface area contributed by atoms with Gasteiger partial charge in [-0.2, -0.15) is 0 Å². The second kappa shape index (κ2) is 3.71. The molecule has 0 atom stereocenters. The van der Waals surface area contributed by atoms with E-state index in [1.54, 1.807) is 0 Å². The van der Waals surface area contributed by atoms with Crippen molar-refractivity contribution in [2.45, 2.75) is 4.90 Å². The summed E-state index contributed by atoms with van der Waals surface area (Å²) in [6.07, 6.45) is 2.50. The summed E-state index contributed by atoms with van der Waals surface area (Å²) in [6, 6.07) is 5.27. The van der Waals surface area contributed by atoms with E-state index in [2.05, 4.69) is 0 Å². The smallest absolute Gasteiger partial charge is 0.249 e. The fourth-order valence-electron chi connectivity index (χ4n) is 1.27. The SMILES string of the molecule is O=S(=O)(c1cc(F)ccc1F)n1cccc1. The maximum atomic E-state index is 13.3. The standard InChI is InChI=1S/C10H7F2NO2S/c11-8-3-4-9(12)10(7-8)16(14,15)13-5-1-2-6-13/h1-7H. The molecule has 0 unspecified atom stereocenters. The lowest BCUT2D eigenvalue weighted by Gasteiger charge is -2.06. The minimum absolute atomic E-state index is 0.657. The highest BCUT2D eigenvalue weighted by Crippen LogP contribution is 2.18. The molecule has 0 aliphatic heterocycles. The van der Waals surface area contributed by atoms with Gasteiger partial charge in [0.15, 0.2) is 0 Å². The molecule has 0 amide bonds. The Morgan fingerprint density at radius 1 is 1.06 bits per heavy atom. The molecular weight excluding hydrogens is 236 g/mol. The molecule has 2 aromatic rings. The Kier molecular flexibility index (Phi) is 2.51. The lowest BCUT2D eigenvalue weighted by Crippen LogP contribution is -2.12. The molecular formula is C10H7F2NO2S. The molecule has 84 valence electrons. The Morgan fingerprint density at radius 3 is 2.31 bits per heavy atom. The highest BCUT2D eigenvalue weighted by atomic mass is 32.2. The van der Waals surface area contributed by atoms with E-state index in [-0.39, 0.29) is 0 Å². The summed E-state index contributed by atoms with van der Waals surface area (Å²) in [7, 11) is -4.05. The highest BCUT2D eigenvalue weighted by Gasteiger charge is 2.20. The Labute approximate surface area is 91.0 Å². The Hall–Kier alpha value is -1.69. The van der Waals surface area contributed by atoms with Gasteiger partial charge in [-0.15, -0.1) is 0 Å². The van der Waals surface area contributed by atoms with E-state index in [1.165, 1.54) is 24.5 Å². The van der Waals surface area contributed by atoms with Crippen LogP contribution >= 0.6 is 0 Å². The summed E-state index contributed by atoms with van der Waals surface area (Å²) < 4.78 is 50.6. The maximum absolute atomic E-state index is 13.3. The molecule has 0 N–H and O–H groups in total. The van der Waals surface area contributed by atoms with Crippen LogP contribution in [0.4, 0.5) is 8.78 Å². The first kappa shape index (κ1) is 10.8. The number of hydrogen-bond acceptors (Lipinski definition) is 2. The number of nitrogens with zero attached hydrogens (tertiary/aromatic N) is 1. The minimum Gasteiger partial charge on any atom is -0.249 e. The zero-order chi connectivity index (χ0) is 11.8. The maximum Gasteiger partial charge on any atom is 0.270 e. The van der Waals surface area contributed by atoms with Gasteiger partial charge in [-0.1, -0.05) is 0 Å². The molecule has 0 aliphatic rings. The van der Waals surface area contributed by atoms with E-state index in [4.69, 9.17) is 0 Å². The van der Waals surface area contributed by atoms with E-state index in [1.807, 2.05) is 0 Å². The Morgan fingerprint density at radius 2 is 1.69 bits per heavy atom. The molecule has 16 heavy (non-hydrogen) atoms. The van der Waals surface area contributed by atoms with Crippen molar-refractivity contribution in [2.24, 2.45) is 0 Å². The predicted octanol–water partition coefficient (Wildman–Crippen LogP) is 2.00. The number of rotatable bonds is 2. The van der Waals surface area contributed by atoms with Gasteiger partial charge in [-0.25, -0.2) is 21.2 Å². The molecule has 0 bridgehead atoms. The molecule has 3 nitrogen and oxygen atoms in total. The fourth-order valence-corrected chi connectivity index (χ4v) is 2.53. The van der Waals surface area contributed by atoms with E-state index < -0.39 is 26.6 Å². The number of benzene rings is 1. The zero-order valence-corrected chi connectivity index (χ0v) is 8.79. The third-order valence-corrected chi connectivity index (χ3v) is 3.69. The minimum atomic E-state index is -4.05. The average Bonchev–Trinajstić information content (AvgIpc) is 2.75. The van der Waals surface area contributed by atoms with Crippen LogP contribution in [0, 0.1) is 11.6 Å². The normalized spacial score (nSPS) is 11.6. The summed E-state index contributed by atoms with van der Waals surface area (Å²) in [4.78, 5) is -0.677. The van der Waals surface area contributed by atoms with Crippen molar-refractivity contribution in [3.05, 3.63) is 54.4 Å². The third kappa shape index (κ3) is 1.71. The van der Waals surface area contributed by atoms with E-state index in [9.17, 15) is 17.2 Å². The van der Waals surface area contributed by atoms with Crippen molar-refractivity contribution in [3.8, 4) is 0 Å². The molecule has 1 aromatic carbocycles. The second-order valence-corrected chi connectivity index (χ2v) is 4.90. The molecule has 2 rings (SSSR count). The molecule has 1 heterocycles. The van der Waals surface area contributed by atoms with Gasteiger partial charge in [0, 0.05) is 12.4 Å². The molecule has 0 aliphatic carbocycles. The number of aromatic nitrogens is 1. The topological polar surface area (TPSA) is 39.1 Å². The van der Waals surface area contributed by atoms with Crippen LogP contribution in [0.5, 0.6) is 0 Å². The summed E-state index contributed by atoms with van der Waals surface area (Å²) in [6.45, 7) is 0. The van der Waals surface area contributed by atoms with Crippen LogP contribution in [-0.2, 0) is 10.0 Å². The quantitative estimate of drug-likeness (QED) is 0.809. The molecule has 0 saturated carbocycles. The van der Waals surface area contributed by atoms with Crippen molar-refractivity contribution >= 4 is 10.0 Å². The van der Waals surface area contributed by atoms with Crippen molar-refractivity contribution < 1.29 is 17.2 Å². The van der Waals surface area contributed by atoms with Crippen LogP contribution in [0.25, 0.3) is 0 Å². The molecule has 1 aromatic heterocycles. The van der Waals surface area contributed by atoms with Crippen LogP contribution < -0.4 is 0 Å². The molecule has 6 heteroatoms. The lowest BCUT2D eigenvalue weighted by atomic mass is 10.3. The second-order valence-electron chi connectivity index (χ2n) is 3.09. The molecule has 0 radical (unpaired) electrons. The van der Waals surface area contributed by atoms with Gasteiger partial charge in [0.05, 0.1) is 0 Å². The monoisotopic (exact) mass is 243 g/mol. The lowest BCUT2D eigenvalue weighted by molar-refractivity contribution is 0.549. The zero-order valence-electron chi connectivity index (χ0n) is 7.97. The number of hydrogen-bond donors (Lipinski definition) is 0. The van der Waals surface area contributed by atoms with Gasteiger partial charge in [-0.05, 0) is 30.3 Å². The first-order valence-electron chi connectivity index (χ1n) is 4.35. The summed E-state index contributed by atoms with van der Waals surface area (Å²) in [5.74, 6) is -1.78. The largest absolute Gasteiger partial charge is 0.270 e. The van der Waals surface area contributed by atoms with Crippen LogP contribution in [0.1, 0.15) is 0 Å². The first-order chi connectivity index (χ1) is 7.51. The summed E-state index contributed by atoms with van der Waals surface area (Å²) >= 11 is 0. The van der Waals surface area contributed by atoms with Gasteiger partial charge in [-0.3, -0.25) is 0 Å². The van der Waals surface area contributed by atoms with Gasteiger partial charge in [0.25, 0.3) is 10.0 Å². The van der Waals surface area contributed by atoms with Crippen molar-refractivity contribution in [1.29, 1.82) is 0 Å². The first-order valence-corrected chi connectivity index (χ1v) is 5.79. The van der Waals surface area contributed by atoms with Crippen LogP contribution in [-0.4, -0.2) is 12.4 Å². The van der Waals surface area contributed by atoms with Gasteiger partial charge in [0.1, 0.15) is 16.5 Å². The Bertz CT molecular complexity index is 606. The van der Waals surface area contributed by atoms with Gasteiger partial charge in [0.2, 0.25) is 0 Å². The number of halogens is 2. The third-order valence-electron chi connectivity index (χ3n) is 2.03. The molecule has 0 spiro atoms. The summed E-state index contributed by atoms with van der Waals surface area (Å²) in [5, 5.41) is 0. The van der Waals surface area contributed by atoms with Crippen molar-refractivity contribution in [2.75, 3.05) is 0 Å². The predicted molar refractivity (Wildman–Crippen MR) is 53.4 cm³/mol.